The van der Waals surface area contributed by atoms with E-state index in [-0.39, 0.29) is 16.6 Å². The van der Waals surface area contributed by atoms with E-state index < -0.39 is 5.91 Å². The van der Waals surface area contributed by atoms with Crippen molar-refractivity contribution in [1.82, 2.24) is 15.2 Å². The van der Waals surface area contributed by atoms with Crippen molar-refractivity contribution in [2.24, 2.45) is 0 Å². The minimum Gasteiger partial charge on any atom is -0.402 e. The van der Waals surface area contributed by atoms with Gasteiger partial charge in [0.05, 0.1) is 21.3 Å². The predicted molar refractivity (Wildman–Crippen MR) is 89.3 cm³/mol. The van der Waals surface area contributed by atoms with E-state index in [1.807, 2.05) is 13.8 Å². The summed E-state index contributed by atoms with van der Waals surface area (Å²) in [5.74, 6) is -0.148. The molecule has 0 atom stereocenters. The Kier molecular flexibility index (Phi) is 4.34. The fourth-order valence-electron chi connectivity index (χ4n) is 1.93. The second kappa shape index (κ2) is 6.27. The molecule has 2 aromatic heterocycles. The summed E-state index contributed by atoms with van der Waals surface area (Å²) < 4.78 is 5.47. The molecule has 3 rings (SSSR count). The van der Waals surface area contributed by atoms with E-state index in [9.17, 15) is 4.79 Å². The maximum Gasteiger partial charge on any atom is 0.322 e. The van der Waals surface area contributed by atoms with E-state index in [1.54, 1.807) is 6.07 Å². The summed E-state index contributed by atoms with van der Waals surface area (Å²) in [6.45, 7) is 3.75. The molecule has 1 N–H and O–H groups in total. The lowest BCUT2D eigenvalue weighted by Crippen LogP contribution is -2.12. The number of thiazole rings is 1. The molecule has 6 nitrogen and oxygen atoms in total. The Morgan fingerprint density at radius 1 is 1.26 bits per heavy atom. The van der Waals surface area contributed by atoms with Gasteiger partial charge in [0.2, 0.25) is 0 Å². The molecule has 0 aliphatic rings. The van der Waals surface area contributed by atoms with Gasteiger partial charge in [0.25, 0.3) is 11.8 Å². The maximum atomic E-state index is 12.2. The Labute approximate surface area is 145 Å². The minimum atomic E-state index is -0.459. The lowest BCUT2D eigenvalue weighted by Gasteiger charge is -2.03. The summed E-state index contributed by atoms with van der Waals surface area (Å²) in [7, 11) is 0. The van der Waals surface area contributed by atoms with Gasteiger partial charge >= 0.3 is 6.01 Å². The van der Waals surface area contributed by atoms with Crippen molar-refractivity contribution in [3.8, 4) is 10.8 Å². The quantitative estimate of drug-likeness (QED) is 0.742. The molecule has 118 valence electrons. The van der Waals surface area contributed by atoms with Crippen molar-refractivity contribution in [2.75, 3.05) is 5.32 Å². The number of nitrogens with zero attached hydrogens (tertiary/aromatic N) is 3. The van der Waals surface area contributed by atoms with Gasteiger partial charge in [-0.25, -0.2) is 4.98 Å². The van der Waals surface area contributed by atoms with Crippen LogP contribution in [0.5, 0.6) is 0 Å². The number of nitrogens with one attached hydrogen (secondary N) is 1. The van der Waals surface area contributed by atoms with Crippen LogP contribution in [0, 0.1) is 13.8 Å². The van der Waals surface area contributed by atoms with Crippen LogP contribution in [0.25, 0.3) is 10.8 Å². The highest BCUT2D eigenvalue weighted by Crippen LogP contribution is 2.29. The van der Waals surface area contributed by atoms with Gasteiger partial charge in [-0.3, -0.25) is 10.1 Å². The summed E-state index contributed by atoms with van der Waals surface area (Å²) in [5.41, 5.74) is 1.07. The van der Waals surface area contributed by atoms with E-state index in [0.717, 1.165) is 15.6 Å². The van der Waals surface area contributed by atoms with E-state index in [1.165, 1.54) is 23.5 Å². The molecule has 3 aromatic rings. The third-order valence-corrected chi connectivity index (χ3v) is 4.53. The first kappa shape index (κ1) is 15.9. The summed E-state index contributed by atoms with van der Waals surface area (Å²) in [6, 6.07) is 4.57. The van der Waals surface area contributed by atoms with Crippen molar-refractivity contribution < 1.29 is 9.21 Å². The number of halogens is 2. The molecular weight excluding hydrogens is 359 g/mol. The van der Waals surface area contributed by atoms with Crippen molar-refractivity contribution >= 4 is 46.5 Å². The van der Waals surface area contributed by atoms with Crippen molar-refractivity contribution in [3.63, 3.8) is 0 Å². The van der Waals surface area contributed by atoms with Gasteiger partial charge in [-0.2, -0.15) is 0 Å². The third kappa shape index (κ3) is 3.36. The van der Waals surface area contributed by atoms with Crippen molar-refractivity contribution in [1.29, 1.82) is 0 Å². The Bertz CT molecular complexity index is 891. The zero-order valence-electron chi connectivity index (χ0n) is 12.1. The molecule has 0 fully saturated rings. The van der Waals surface area contributed by atoms with Gasteiger partial charge in [-0.05, 0) is 32.0 Å². The predicted octanol–water partition coefficient (Wildman–Crippen LogP) is 4.37. The number of hydrogen-bond acceptors (Lipinski definition) is 6. The van der Waals surface area contributed by atoms with Gasteiger partial charge in [0, 0.05) is 5.02 Å². The monoisotopic (exact) mass is 368 g/mol. The number of carbonyl (C=O) groups is 1. The van der Waals surface area contributed by atoms with E-state index in [0.29, 0.717) is 10.9 Å². The smallest absolute Gasteiger partial charge is 0.322 e. The molecule has 0 aliphatic heterocycles. The highest BCUT2D eigenvalue weighted by Gasteiger charge is 2.18. The van der Waals surface area contributed by atoms with Gasteiger partial charge in [0.15, 0.2) is 0 Å². The minimum absolute atomic E-state index is 0.0125. The average molecular weight is 369 g/mol. The second-order valence-corrected chi connectivity index (χ2v) is 6.68. The Morgan fingerprint density at radius 3 is 2.70 bits per heavy atom. The zero-order valence-corrected chi connectivity index (χ0v) is 14.4. The Balaban J connectivity index is 1.81. The van der Waals surface area contributed by atoms with Crippen LogP contribution in [0.3, 0.4) is 0 Å². The Morgan fingerprint density at radius 2 is 2.04 bits per heavy atom. The number of rotatable bonds is 3. The van der Waals surface area contributed by atoms with Crippen LogP contribution in [-0.4, -0.2) is 21.1 Å². The molecular formula is C14H10Cl2N4O2S. The van der Waals surface area contributed by atoms with Crippen LogP contribution < -0.4 is 5.32 Å². The fraction of sp³-hybridized carbons (Fsp3) is 0.143. The first-order valence-electron chi connectivity index (χ1n) is 6.48. The van der Waals surface area contributed by atoms with Crippen LogP contribution in [0.15, 0.2) is 22.6 Å². The molecule has 0 saturated carbocycles. The van der Waals surface area contributed by atoms with E-state index in [4.69, 9.17) is 27.6 Å². The molecule has 0 bridgehead atoms. The summed E-state index contributed by atoms with van der Waals surface area (Å²) in [4.78, 5) is 17.3. The first-order chi connectivity index (χ1) is 10.9. The van der Waals surface area contributed by atoms with Crippen LogP contribution in [-0.2, 0) is 0 Å². The molecule has 1 amide bonds. The molecule has 23 heavy (non-hydrogen) atoms. The first-order valence-corrected chi connectivity index (χ1v) is 8.05. The fourth-order valence-corrected chi connectivity index (χ4v) is 3.27. The van der Waals surface area contributed by atoms with E-state index >= 15 is 0 Å². The summed E-state index contributed by atoms with van der Waals surface area (Å²) in [6.07, 6.45) is 0. The van der Waals surface area contributed by atoms with Crippen molar-refractivity contribution in [3.05, 3.63) is 44.5 Å². The van der Waals surface area contributed by atoms with E-state index in [2.05, 4.69) is 20.5 Å². The number of carbonyl (C=O) groups excluding carboxylic acids is 1. The maximum absolute atomic E-state index is 12.2. The SMILES string of the molecule is Cc1nc(C)c(-c2nnc(NC(=O)c3ccc(Cl)cc3Cl)o2)s1. The van der Waals surface area contributed by atoms with Crippen LogP contribution >= 0.6 is 34.5 Å². The van der Waals surface area contributed by atoms with Crippen LogP contribution in [0.2, 0.25) is 10.0 Å². The third-order valence-electron chi connectivity index (χ3n) is 2.92. The molecule has 1 aromatic carbocycles. The van der Waals surface area contributed by atoms with Gasteiger partial charge in [-0.1, -0.05) is 28.3 Å². The second-order valence-electron chi connectivity index (χ2n) is 4.64. The molecule has 0 spiro atoms. The van der Waals surface area contributed by atoms with Crippen LogP contribution in [0.1, 0.15) is 21.1 Å². The van der Waals surface area contributed by atoms with Crippen molar-refractivity contribution in [2.45, 2.75) is 13.8 Å². The molecule has 0 unspecified atom stereocenters. The molecule has 0 radical (unpaired) electrons. The highest BCUT2D eigenvalue weighted by atomic mass is 35.5. The lowest BCUT2D eigenvalue weighted by molar-refractivity contribution is 0.102. The van der Waals surface area contributed by atoms with Gasteiger partial charge in [-0.15, -0.1) is 16.4 Å². The molecule has 0 saturated heterocycles. The number of amides is 1. The highest BCUT2D eigenvalue weighted by molar-refractivity contribution is 7.15. The topological polar surface area (TPSA) is 80.9 Å². The van der Waals surface area contributed by atoms with Crippen LogP contribution in [0.4, 0.5) is 6.01 Å². The Hall–Kier alpha value is -1.96. The standard InChI is InChI=1S/C14H10Cl2N4O2S/c1-6-11(23-7(2)17-6)13-19-20-14(22-13)18-12(21)9-4-3-8(15)5-10(9)16/h3-5H,1-2H3,(H,18,20,21). The average Bonchev–Trinajstić information content (AvgIpc) is 3.05. The molecule has 0 aliphatic carbocycles. The summed E-state index contributed by atoms with van der Waals surface area (Å²) >= 11 is 13.2. The lowest BCUT2D eigenvalue weighted by atomic mass is 10.2. The number of hydrogen-bond donors (Lipinski definition) is 1. The largest absolute Gasteiger partial charge is 0.402 e. The number of anilines is 1. The normalized spacial score (nSPS) is 10.8. The zero-order chi connectivity index (χ0) is 16.6. The van der Waals surface area contributed by atoms with Gasteiger partial charge in [0.1, 0.15) is 4.88 Å². The van der Waals surface area contributed by atoms with Gasteiger partial charge < -0.3 is 4.42 Å². The number of benzene rings is 1. The summed E-state index contributed by atoms with van der Waals surface area (Å²) in [5, 5.41) is 11.8. The molecule has 2 heterocycles. The molecule has 9 heteroatoms. The number of aromatic nitrogens is 3. The number of aryl methyl sites for hydroxylation is 2.